The van der Waals surface area contributed by atoms with Gasteiger partial charge in [0.15, 0.2) is 5.96 Å². The Kier molecular flexibility index (Phi) is 4.99. The summed E-state index contributed by atoms with van der Waals surface area (Å²) in [5.41, 5.74) is 1.18. The Labute approximate surface area is 113 Å². The molecule has 1 aromatic heterocycles. The van der Waals surface area contributed by atoms with Gasteiger partial charge in [0.05, 0.1) is 10.7 Å². The van der Waals surface area contributed by atoms with Crippen LogP contribution in [-0.4, -0.2) is 31.1 Å². The first-order valence-corrected chi connectivity index (χ1v) is 7.57. The molecule has 1 aliphatic rings. The molecular weight excluding hydrogens is 244 g/mol. The second-order valence-electron chi connectivity index (χ2n) is 4.66. The molecule has 5 heteroatoms. The van der Waals surface area contributed by atoms with Gasteiger partial charge in [0, 0.05) is 31.9 Å². The molecule has 1 aromatic rings. The first-order chi connectivity index (χ1) is 8.81. The Bertz CT molecular complexity index is 395. The van der Waals surface area contributed by atoms with Gasteiger partial charge in [-0.3, -0.25) is 4.99 Å². The topological polar surface area (TPSA) is 49.3 Å². The summed E-state index contributed by atoms with van der Waals surface area (Å²) >= 11 is 1.75. The van der Waals surface area contributed by atoms with Crippen molar-refractivity contribution in [2.45, 2.75) is 32.6 Å². The predicted octanol–water partition coefficient (Wildman–Crippen LogP) is 1.82. The number of guanidine groups is 1. The minimum absolute atomic E-state index is 0.870. The first-order valence-electron chi connectivity index (χ1n) is 6.69. The average Bonchev–Trinajstić information content (AvgIpc) is 3.11. The predicted molar refractivity (Wildman–Crippen MR) is 77.3 cm³/mol. The van der Waals surface area contributed by atoms with Crippen molar-refractivity contribution in [2.24, 2.45) is 10.9 Å². The number of nitrogens with zero attached hydrogens (tertiary/aromatic N) is 2. The van der Waals surface area contributed by atoms with Crippen molar-refractivity contribution in [2.75, 3.05) is 20.1 Å². The van der Waals surface area contributed by atoms with Crippen molar-refractivity contribution in [1.29, 1.82) is 0 Å². The molecule has 0 saturated heterocycles. The molecule has 0 bridgehead atoms. The minimum Gasteiger partial charge on any atom is -0.356 e. The van der Waals surface area contributed by atoms with E-state index in [1.54, 1.807) is 11.3 Å². The Morgan fingerprint density at radius 2 is 2.33 bits per heavy atom. The summed E-state index contributed by atoms with van der Waals surface area (Å²) in [7, 11) is 1.82. The molecule has 0 aliphatic heterocycles. The van der Waals surface area contributed by atoms with Crippen molar-refractivity contribution in [3.8, 4) is 0 Å². The van der Waals surface area contributed by atoms with Crippen LogP contribution in [0.5, 0.6) is 0 Å². The Morgan fingerprint density at radius 3 is 2.94 bits per heavy atom. The minimum atomic E-state index is 0.870. The highest BCUT2D eigenvalue weighted by Crippen LogP contribution is 2.27. The highest BCUT2D eigenvalue weighted by atomic mass is 32.1. The molecular formula is C13H22N4S. The third kappa shape index (κ3) is 4.29. The van der Waals surface area contributed by atoms with E-state index in [0.29, 0.717) is 0 Å². The van der Waals surface area contributed by atoms with E-state index in [1.807, 2.05) is 7.05 Å². The number of hydrogen-bond acceptors (Lipinski definition) is 3. The molecule has 2 N–H and O–H groups in total. The van der Waals surface area contributed by atoms with Crippen LogP contribution in [0.4, 0.5) is 0 Å². The summed E-state index contributed by atoms with van der Waals surface area (Å²) in [4.78, 5) is 8.77. The van der Waals surface area contributed by atoms with Crippen molar-refractivity contribution in [3.63, 3.8) is 0 Å². The number of aliphatic imine (C=N–C) groups is 1. The Morgan fingerprint density at radius 1 is 1.50 bits per heavy atom. The van der Waals surface area contributed by atoms with E-state index in [4.69, 9.17) is 0 Å². The number of thiazole rings is 1. The van der Waals surface area contributed by atoms with Crippen molar-refractivity contribution in [1.82, 2.24) is 15.6 Å². The molecule has 0 amide bonds. The van der Waals surface area contributed by atoms with Crippen LogP contribution in [0.15, 0.2) is 10.4 Å². The number of aromatic nitrogens is 1. The maximum atomic E-state index is 4.55. The third-order valence-corrected chi connectivity index (χ3v) is 4.10. The van der Waals surface area contributed by atoms with Gasteiger partial charge in [-0.25, -0.2) is 4.98 Å². The fourth-order valence-corrected chi connectivity index (χ4v) is 2.50. The van der Waals surface area contributed by atoms with Gasteiger partial charge in [0.1, 0.15) is 0 Å². The molecule has 0 spiro atoms. The molecule has 1 aliphatic carbocycles. The molecule has 100 valence electrons. The largest absolute Gasteiger partial charge is 0.356 e. The highest BCUT2D eigenvalue weighted by Gasteiger charge is 2.20. The van der Waals surface area contributed by atoms with E-state index in [2.05, 4.69) is 32.9 Å². The summed E-state index contributed by atoms with van der Waals surface area (Å²) in [6, 6.07) is 0. The van der Waals surface area contributed by atoms with Gasteiger partial charge in [-0.05, 0) is 25.2 Å². The van der Waals surface area contributed by atoms with E-state index in [0.717, 1.165) is 37.8 Å². The molecule has 0 unspecified atom stereocenters. The van der Waals surface area contributed by atoms with E-state index in [9.17, 15) is 0 Å². The van der Waals surface area contributed by atoms with Crippen molar-refractivity contribution >= 4 is 17.3 Å². The standard InChI is InChI=1S/C13H22N4S/c1-3-12-17-11(9-18-12)6-7-15-13(14-2)16-8-10-4-5-10/h9-10H,3-8H2,1-2H3,(H2,14,15,16). The fourth-order valence-electron chi connectivity index (χ4n) is 1.72. The van der Waals surface area contributed by atoms with Crippen molar-refractivity contribution in [3.05, 3.63) is 16.1 Å². The van der Waals surface area contributed by atoms with Crippen LogP contribution in [-0.2, 0) is 12.8 Å². The maximum Gasteiger partial charge on any atom is 0.190 e. The summed E-state index contributed by atoms with van der Waals surface area (Å²) in [5.74, 6) is 1.78. The normalized spacial score (nSPS) is 15.8. The summed E-state index contributed by atoms with van der Waals surface area (Å²) in [6.07, 6.45) is 4.72. The van der Waals surface area contributed by atoms with Crippen LogP contribution in [0.1, 0.15) is 30.5 Å². The van der Waals surface area contributed by atoms with E-state index >= 15 is 0 Å². The number of nitrogens with one attached hydrogen (secondary N) is 2. The van der Waals surface area contributed by atoms with Crippen LogP contribution in [0.2, 0.25) is 0 Å². The van der Waals surface area contributed by atoms with Gasteiger partial charge in [0.2, 0.25) is 0 Å². The molecule has 1 saturated carbocycles. The van der Waals surface area contributed by atoms with Crippen molar-refractivity contribution < 1.29 is 0 Å². The average molecular weight is 266 g/mol. The molecule has 2 rings (SSSR count). The monoisotopic (exact) mass is 266 g/mol. The fraction of sp³-hybridized carbons (Fsp3) is 0.692. The zero-order valence-corrected chi connectivity index (χ0v) is 12.0. The number of rotatable bonds is 6. The maximum absolute atomic E-state index is 4.55. The zero-order chi connectivity index (χ0) is 12.8. The lowest BCUT2D eigenvalue weighted by Crippen LogP contribution is -2.39. The Balaban J connectivity index is 1.66. The highest BCUT2D eigenvalue weighted by molar-refractivity contribution is 7.09. The number of hydrogen-bond donors (Lipinski definition) is 2. The zero-order valence-electron chi connectivity index (χ0n) is 11.2. The summed E-state index contributed by atoms with van der Waals surface area (Å²) in [5, 5.41) is 10.1. The smallest absolute Gasteiger partial charge is 0.190 e. The van der Waals surface area contributed by atoms with Crippen LogP contribution in [0, 0.1) is 5.92 Å². The van der Waals surface area contributed by atoms with Gasteiger partial charge >= 0.3 is 0 Å². The molecule has 1 fully saturated rings. The van der Waals surface area contributed by atoms with Gasteiger partial charge in [0.25, 0.3) is 0 Å². The molecule has 4 nitrogen and oxygen atoms in total. The summed E-state index contributed by atoms with van der Waals surface area (Å²) < 4.78 is 0. The Hall–Kier alpha value is -1.10. The molecule has 0 radical (unpaired) electrons. The second-order valence-corrected chi connectivity index (χ2v) is 5.60. The molecule has 1 heterocycles. The summed E-state index contributed by atoms with van der Waals surface area (Å²) in [6.45, 7) is 4.08. The second kappa shape index (κ2) is 6.73. The quantitative estimate of drug-likeness (QED) is 0.610. The molecule has 0 aromatic carbocycles. The lowest BCUT2D eigenvalue weighted by Gasteiger charge is -2.10. The van der Waals surface area contributed by atoms with Gasteiger partial charge in [-0.1, -0.05) is 6.92 Å². The van der Waals surface area contributed by atoms with Gasteiger partial charge in [-0.15, -0.1) is 11.3 Å². The van der Waals surface area contributed by atoms with Crippen LogP contribution in [0.25, 0.3) is 0 Å². The lowest BCUT2D eigenvalue weighted by atomic mass is 10.3. The first kappa shape index (κ1) is 13.3. The SMILES string of the molecule is CCc1nc(CCNC(=NC)NCC2CC2)cs1. The van der Waals surface area contributed by atoms with Crippen LogP contribution < -0.4 is 10.6 Å². The van der Waals surface area contributed by atoms with Crippen LogP contribution >= 0.6 is 11.3 Å². The third-order valence-electron chi connectivity index (χ3n) is 3.05. The number of aryl methyl sites for hydroxylation is 1. The lowest BCUT2D eigenvalue weighted by molar-refractivity contribution is 0.732. The molecule has 0 atom stereocenters. The van der Waals surface area contributed by atoms with Crippen LogP contribution in [0.3, 0.4) is 0 Å². The molecule has 18 heavy (non-hydrogen) atoms. The van der Waals surface area contributed by atoms with E-state index < -0.39 is 0 Å². The van der Waals surface area contributed by atoms with E-state index in [1.165, 1.54) is 23.5 Å². The van der Waals surface area contributed by atoms with E-state index in [-0.39, 0.29) is 0 Å². The van der Waals surface area contributed by atoms with Gasteiger partial charge < -0.3 is 10.6 Å². The van der Waals surface area contributed by atoms with Gasteiger partial charge in [-0.2, -0.15) is 0 Å².